The first-order chi connectivity index (χ1) is 7.25. The van der Waals surface area contributed by atoms with Crippen LogP contribution in [0.3, 0.4) is 0 Å². The molecule has 0 bridgehead atoms. The third-order valence-corrected chi connectivity index (χ3v) is 2.17. The van der Waals surface area contributed by atoms with Gasteiger partial charge in [0.25, 0.3) is 0 Å². The van der Waals surface area contributed by atoms with Crippen LogP contribution in [0.4, 0.5) is 5.82 Å². The van der Waals surface area contributed by atoms with Crippen molar-refractivity contribution in [1.29, 1.82) is 0 Å². The molecule has 15 heavy (non-hydrogen) atoms. The van der Waals surface area contributed by atoms with Gasteiger partial charge in [-0.25, -0.2) is 4.79 Å². The van der Waals surface area contributed by atoms with Crippen LogP contribution in [-0.2, 0) is 4.74 Å². The van der Waals surface area contributed by atoms with E-state index in [1.807, 2.05) is 0 Å². The number of hydrogen-bond donors (Lipinski definition) is 2. The third kappa shape index (κ3) is 2.41. The van der Waals surface area contributed by atoms with E-state index < -0.39 is 5.97 Å². The molecule has 1 atom stereocenters. The first-order valence-corrected chi connectivity index (χ1v) is 4.67. The van der Waals surface area contributed by atoms with E-state index in [4.69, 9.17) is 9.84 Å². The highest BCUT2D eigenvalue weighted by Gasteiger charge is 2.15. The lowest BCUT2D eigenvalue weighted by Crippen LogP contribution is -2.20. The maximum absolute atomic E-state index is 10.5. The second-order valence-corrected chi connectivity index (χ2v) is 3.31. The Bertz CT molecular complexity index is 346. The van der Waals surface area contributed by atoms with Gasteiger partial charge in [-0.2, -0.15) is 0 Å². The second-order valence-electron chi connectivity index (χ2n) is 3.31. The van der Waals surface area contributed by atoms with Crippen LogP contribution in [0, 0.1) is 0 Å². The number of ether oxygens (including phenoxy) is 1. The largest absolute Gasteiger partial charge is 0.476 e. The summed E-state index contributed by atoms with van der Waals surface area (Å²) >= 11 is 0. The molecular formula is C9H11N3O3. The summed E-state index contributed by atoms with van der Waals surface area (Å²) in [6, 6.07) is 3.28. The smallest absolute Gasteiger partial charge is 0.356 e. The molecule has 1 aromatic rings. The van der Waals surface area contributed by atoms with Crippen LogP contribution in [-0.4, -0.2) is 40.5 Å². The molecule has 2 rings (SSSR count). The Labute approximate surface area is 86.3 Å². The summed E-state index contributed by atoms with van der Waals surface area (Å²) in [5.74, 6) is -0.492. The summed E-state index contributed by atoms with van der Waals surface area (Å²) in [7, 11) is 0. The highest BCUT2D eigenvalue weighted by atomic mass is 16.5. The number of nitrogens with one attached hydrogen (secondary N) is 1. The van der Waals surface area contributed by atoms with Crippen LogP contribution in [0.2, 0.25) is 0 Å². The average molecular weight is 209 g/mol. The van der Waals surface area contributed by atoms with Gasteiger partial charge in [-0.3, -0.25) is 0 Å². The van der Waals surface area contributed by atoms with Crippen molar-refractivity contribution in [2.75, 3.05) is 18.5 Å². The van der Waals surface area contributed by atoms with Crippen molar-refractivity contribution < 1.29 is 14.6 Å². The van der Waals surface area contributed by atoms with Crippen molar-refractivity contribution >= 4 is 11.8 Å². The standard InChI is InChI=1S/C9H11N3O3/c13-9(14)7-1-2-8(12-11-7)10-6-3-4-15-5-6/h1-2,6H,3-5H2,(H,10,12)(H,13,14). The van der Waals surface area contributed by atoms with Crippen molar-refractivity contribution in [3.8, 4) is 0 Å². The first kappa shape index (κ1) is 9.85. The molecular weight excluding hydrogens is 198 g/mol. The molecule has 2 heterocycles. The van der Waals surface area contributed by atoms with E-state index in [2.05, 4.69) is 15.5 Å². The van der Waals surface area contributed by atoms with Crippen molar-refractivity contribution in [2.24, 2.45) is 0 Å². The molecule has 1 saturated heterocycles. The molecule has 80 valence electrons. The molecule has 0 saturated carbocycles. The Kier molecular flexibility index (Phi) is 2.77. The van der Waals surface area contributed by atoms with E-state index in [9.17, 15) is 4.79 Å². The molecule has 1 aliphatic heterocycles. The lowest BCUT2D eigenvalue weighted by atomic mass is 10.2. The van der Waals surface area contributed by atoms with Gasteiger partial charge in [0.2, 0.25) is 0 Å². The van der Waals surface area contributed by atoms with E-state index in [-0.39, 0.29) is 11.7 Å². The van der Waals surface area contributed by atoms with Gasteiger partial charge in [-0.1, -0.05) is 0 Å². The molecule has 6 heteroatoms. The van der Waals surface area contributed by atoms with Crippen molar-refractivity contribution in [2.45, 2.75) is 12.5 Å². The van der Waals surface area contributed by atoms with Crippen molar-refractivity contribution in [1.82, 2.24) is 10.2 Å². The fraction of sp³-hybridized carbons (Fsp3) is 0.444. The molecule has 1 unspecified atom stereocenters. The molecule has 2 N–H and O–H groups in total. The normalized spacial score (nSPS) is 20.1. The summed E-state index contributed by atoms with van der Waals surface area (Å²) in [4.78, 5) is 10.5. The predicted molar refractivity (Wildman–Crippen MR) is 51.8 cm³/mol. The van der Waals surface area contributed by atoms with E-state index in [1.54, 1.807) is 6.07 Å². The Balaban J connectivity index is 2.00. The molecule has 1 fully saturated rings. The van der Waals surface area contributed by atoms with E-state index in [0.29, 0.717) is 12.4 Å². The Morgan fingerprint density at radius 3 is 2.93 bits per heavy atom. The van der Waals surface area contributed by atoms with Crippen LogP contribution in [0.1, 0.15) is 16.9 Å². The second kappa shape index (κ2) is 4.22. The maximum atomic E-state index is 10.5. The van der Waals surface area contributed by atoms with Crippen molar-refractivity contribution in [3.05, 3.63) is 17.8 Å². The zero-order valence-electron chi connectivity index (χ0n) is 8.01. The highest BCUT2D eigenvalue weighted by Crippen LogP contribution is 2.10. The van der Waals surface area contributed by atoms with Gasteiger partial charge in [0, 0.05) is 6.61 Å². The maximum Gasteiger partial charge on any atom is 0.356 e. The number of nitrogens with zero attached hydrogens (tertiary/aromatic N) is 2. The minimum Gasteiger partial charge on any atom is -0.476 e. The molecule has 0 aliphatic carbocycles. The summed E-state index contributed by atoms with van der Waals surface area (Å²) < 4.78 is 5.19. The molecule has 0 aromatic carbocycles. The number of carbonyl (C=O) groups is 1. The minimum atomic E-state index is -1.07. The molecule has 0 spiro atoms. The van der Waals surface area contributed by atoms with E-state index in [0.717, 1.165) is 13.0 Å². The fourth-order valence-corrected chi connectivity index (χ4v) is 1.38. The summed E-state index contributed by atoms with van der Waals surface area (Å²) in [6.07, 6.45) is 0.933. The summed E-state index contributed by atoms with van der Waals surface area (Å²) in [5.41, 5.74) is -0.0526. The molecule has 1 aliphatic rings. The number of anilines is 1. The Morgan fingerprint density at radius 2 is 2.40 bits per heavy atom. The lowest BCUT2D eigenvalue weighted by Gasteiger charge is -2.09. The first-order valence-electron chi connectivity index (χ1n) is 4.67. The minimum absolute atomic E-state index is 0.0526. The van der Waals surface area contributed by atoms with Crippen LogP contribution in [0.15, 0.2) is 12.1 Å². The molecule has 6 nitrogen and oxygen atoms in total. The van der Waals surface area contributed by atoms with E-state index in [1.165, 1.54) is 6.07 Å². The third-order valence-electron chi connectivity index (χ3n) is 2.17. The number of aromatic carboxylic acids is 1. The van der Waals surface area contributed by atoms with Crippen LogP contribution in [0.5, 0.6) is 0 Å². The van der Waals surface area contributed by atoms with Crippen LogP contribution < -0.4 is 5.32 Å². The molecule has 0 amide bonds. The summed E-state index contributed by atoms with van der Waals surface area (Å²) in [5, 5.41) is 19.1. The van der Waals surface area contributed by atoms with E-state index >= 15 is 0 Å². The molecule has 0 radical (unpaired) electrons. The van der Waals surface area contributed by atoms with Crippen LogP contribution in [0.25, 0.3) is 0 Å². The predicted octanol–water partition coefficient (Wildman–Crippen LogP) is 0.376. The van der Waals surface area contributed by atoms with Gasteiger partial charge in [0.15, 0.2) is 5.69 Å². The molecule has 1 aromatic heterocycles. The Hall–Kier alpha value is -1.69. The Morgan fingerprint density at radius 1 is 1.53 bits per heavy atom. The summed E-state index contributed by atoms with van der Waals surface area (Å²) in [6.45, 7) is 1.40. The van der Waals surface area contributed by atoms with Gasteiger partial charge < -0.3 is 15.2 Å². The average Bonchev–Trinajstić information content (AvgIpc) is 2.71. The fourth-order valence-electron chi connectivity index (χ4n) is 1.38. The highest BCUT2D eigenvalue weighted by molar-refractivity contribution is 5.85. The van der Waals surface area contributed by atoms with Crippen LogP contribution >= 0.6 is 0 Å². The zero-order valence-corrected chi connectivity index (χ0v) is 8.01. The number of aromatic nitrogens is 2. The number of carboxylic acids is 1. The monoisotopic (exact) mass is 209 g/mol. The number of carboxylic acid groups (broad SMARTS) is 1. The van der Waals surface area contributed by atoms with Gasteiger partial charge in [0.1, 0.15) is 5.82 Å². The SMILES string of the molecule is O=C(O)c1ccc(NC2CCOC2)nn1. The quantitative estimate of drug-likeness (QED) is 0.748. The van der Waals surface area contributed by atoms with Gasteiger partial charge in [-0.15, -0.1) is 10.2 Å². The number of hydrogen-bond acceptors (Lipinski definition) is 5. The van der Waals surface area contributed by atoms with Gasteiger partial charge in [0.05, 0.1) is 12.6 Å². The van der Waals surface area contributed by atoms with Gasteiger partial charge >= 0.3 is 5.97 Å². The number of rotatable bonds is 3. The van der Waals surface area contributed by atoms with Gasteiger partial charge in [-0.05, 0) is 18.6 Å². The zero-order chi connectivity index (χ0) is 10.7. The van der Waals surface area contributed by atoms with Crippen molar-refractivity contribution in [3.63, 3.8) is 0 Å². The lowest BCUT2D eigenvalue weighted by molar-refractivity contribution is 0.0689. The topological polar surface area (TPSA) is 84.3 Å².